The summed E-state index contributed by atoms with van der Waals surface area (Å²) in [5.41, 5.74) is 0. The van der Waals surface area contributed by atoms with Crippen LogP contribution in [0.3, 0.4) is 0 Å². The Morgan fingerprint density at radius 2 is 1.64 bits per heavy atom. The highest BCUT2D eigenvalue weighted by molar-refractivity contribution is 6.18. The monoisotopic (exact) mass is 204 g/mol. The quantitative estimate of drug-likeness (QED) is 0.306. The predicted molar refractivity (Wildman–Crippen MR) is 43.1 cm³/mol. The zero-order valence-corrected chi connectivity index (χ0v) is 7.31. The molecule has 0 spiro atoms. The van der Waals surface area contributed by atoms with Gasteiger partial charge in [-0.3, -0.25) is 0 Å². The van der Waals surface area contributed by atoms with Crippen molar-refractivity contribution in [1.82, 2.24) is 5.32 Å². The highest BCUT2D eigenvalue weighted by Crippen LogP contribution is 1.71. The van der Waals surface area contributed by atoms with Crippen LogP contribution in [0.2, 0.25) is 0 Å². The molecule has 0 aromatic heterocycles. The number of nitrogens with one attached hydrogen (secondary N) is 1. The van der Waals surface area contributed by atoms with E-state index in [2.05, 4.69) is 5.32 Å². The summed E-state index contributed by atoms with van der Waals surface area (Å²) in [5, 5.41) is 16.7. The van der Waals surface area contributed by atoms with E-state index in [0.29, 0.717) is 11.8 Å². The molecule has 0 aliphatic carbocycles. The lowest BCUT2D eigenvalue weighted by molar-refractivity contribution is -0.742. The molecule has 7 heteroatoms. The molecular formula is C4H10Cl2N2O3. The molecule has 2 N–H and O–H groups in total. The lowest BCUT2D eigenvalue weighted by Crippen LogP contribution is -2.18. The van der Waals surface area contributed by atoms with Gasteiger partial charge in [-0.15, -0.1) is 33.3 Å². The molecule has 11 heavy (non-hydrogen) atoms. The van der Waals surface area contributed by atoms with Crippen LogP contribution in [0.25, 0.3) is 0 Å². The summed E-state index contributed by atoms with van der Waals surface area (Å²) in [5.74, 6) is 1.33. The van der Waals surface area contributed by atoms with Crippen LogP contribution < -0.4 is 5.32 Å². The fourth-order valence-electron chi connectivity index (χ4n) is 0.259. The van der Waals surface area contributed by atoms with Crippen molar-refractivity contribution >= 4 is 23.2 Å². The van der Waals surface area contributed by atoms with Crippen LogP contribution in [-0.2, 0) is 0 Å². The zero-order valence-electron chi connectivity index (χ0n) is 5.80. The first-order valence-electron chi connectivity index (χ1n) is 2.81. The maximum Gasteiger partial charge on any atom is 0.291 e. The Morgan fingerprint density at radius 3 is 1.82 bits per heavy atom. The van der Waals surface area contributed by atoms with E-state index in [9.17, 15) is 0 Å². The van der Waals surface area contributed by atoms with E-state index in [0.717, 1.165) is 13.1 Å². The maximum absolute atomic E-state index is 8.36. The first-order chi connectivity index (χ1) is 5.15. The van der Waals surface area contributed by atoms with Crippen LogP contribution in [0.1, 0.15) is 0 Å². The van der Waals surface area contributed by atoms with Gasteiger partial charge in [0, 0.05) is 24.8 Å². The average molecular weight is 205 g/mol. The van der Waals surface area contributed by atoms with Crippen molar-refractivity contribution in [1.29, 1.82) is 0 Å². The molecule has 0 aromatic carbocycles. The molecular weight excluding hydrogens is 195 g/mol. The summed E-state index contributed by atoms with van der Waals surface area (Å²) in [7, 11) is 0. The van der Waals surface area contributed by atoms with Gasteiger partial charge in [0.25, 0.3) is 5.09 Å². The summed E-state index contributed by atoms with van der Waals surface area (Å²) in [6.45, 7) is 1.71. The van der Waals surface area contributed by atoms with E-state index in [1.807, 2.05) is 0 Å². The van der Waals surface area contributed by atoms with Gasteiger partial charge in [0.1, 0.15) is 0 Å². The molecule has 0 unspecified atom stereocenters. The smallest absolute Gasteiger partial charge is 0.291 e. The second-order valence-corrected chi connectivity index (χ2v) is 2.12. The Morgan fingerprint density at radius 1 is 1.36 bits per heavy atom. The van der Waals surface area contributed by atoms with Crippen molar-refractivity contribution in [2.45, 2.75) is 0 Å². The van der Waals surface area contributed by atoms with Crippen LogP contribution in [0.5, 0.6) is 0 Å². The minimum Gasteiger partial charge on any atom is -0.328 e. The Hall–Kier alpha value is -0.260. The van der Waals surface area contributed by atoms with Crippen molar-refractivity contribution in [2.75, 3.05) is 24.8 Å². The molecule has 0 atom stereocenters. The number of hydrogen-bond donors (Lipinski definition) is 2. The summed E-state index contributed by atoms with van der Waals surface area (Å²) < 4.78 is 0. The van der Waals surface area contributed by atoms with Gasteiger partial charge < -0.3 is 10.5 Å². The minimum absolute atomic E-state index is 0.664. The van der Waals surface area contributed by atoms with Gasteiger partial charge in [0.05, 0.1) is 0 Å². The van der Waals surface area contributed by atoms with Crippen LogP contribution in [0.15, 0.2) is 0 Å². The average Bonchev–Trinajstić information content (AvgIpc) is 1.88. The molecule has 5 nitrogen and oxygen atoms in total. The van der Waals surface area contributed by atoms with E-state index in [1.165, 1.54) is 0 Å². The number of halogens is 2. The van der Waals surface area contributed by atoms with E-state index < -0.39 is 5.09 Å². The van der Waals surface area contributed by atoms with Crippen LogP contribution in [-0.4, -0.2) is 35.1 Å². The molecule has 0 rings (SSSR count). The first-order valence-corrected chi connectivity index (χ1v) is 3.88. The molecule has 0 saturated heterocycles. The zero-order chi connectivity index (χ0) is 9.11. The van der Waals surface area contributed by atoms with Gasteiger partial charge in [-0.1, -0.05) is 0 Å². The summed E-state index contributed by atoms with van der Waals surface area (Å²) in [6, 6.07) is 0. The third-order valence-electron chi connectivity index (χ3n) is 0.543. The minimum atomic E-state index is -1.50. The van der Waals surface area contributed by atoms with E-state index in [-0.39, 0.29) is 0 Å². The van der Waals surface area contributed by atoms with Crippen molar-refractivity contribution < 1.29 is 10.3 Å². The molecule has 0 aromatic rings. The number of rotatable bonds is 4. The van der Waals surface area contributed by atoms with Crippen LogP contribution in [0.4, 0.5) is 0 Å². The molecule has 0 radical (unpaired) electrons. The number of hydrogen-bond acceptors (Lipinski definition) is 3. The number of nitrogens with zero attached hydrogens (tertiary/aromatic N) is 1. The van der Waals surface area contributed by atoms with Crippen molar-refractivity contribution in [2.24, 2.45) is 0 Å². The van der Waals surface area contributed by atoms with Gasteiger partial charge in [0.15, 0.2) is 0 Å². The molecule has 0 aliphatic heterocycles. The normalized spacial score (nSPS) is 8.18. The highest BCUT2D eigenvalue weighted by atomic mass is 35.5. The van der Waals surface area contributed by atoms with Crippen molar-refractivity contribution in [3.8, 4) is 0 Å². The molecule has 0 heterocycles. The van der Waals surface area contributed by atoms with Gasteiger partial charge in [-0.05, 0) is 0 Å². The van der Waals surface area contributed by atoms with E-state index in [1.54, 1.807) is 0 Å². The Balaban J connectivity index is 0. The lowest BCUT2D eigenvalue weighted by atomic mass is 10.7. The van der Waals surface area contributed by atoms with Crippen LogP contribution >= 0.6 is 23.2 Å². The molecule has 0 saturated carbocycles. The summed E-state index contributed by atoms with van der Waals surface area (Å²) >= 11 is 10.7. The van der Waals surface area contributed by atoms with Crippen molar-refractivity contribution in [3.63, 3.8) is 0 Å². The van der Waals surface area contributed by atoms with Gasteiger partial charge in [-0.2, -0.15) is 0 Å². The second-order valence-electron chi connectivity index (χ2n) is 1.37. The van der Waals surface area contributed by atoms with Crippen LogP contribution in [0, 0.1) is 10.1 Å². The Labute approximate surface area is 74.4 Å². The predicted octanol–water partition coefficient (Wildman–Crippen LogP) is 0.706. The summed E-state index contributed by atoms with van der Waals surface area (Å²) in [6.07, 6.45) is 0. The summed E-state index contributed by atoms with van der Waals surface area (Å²) in [4.78, 5) is 8.36. The third-order valence-corrected chi connectivity index (χ3v) is 0.921. The largest absolute Gasteiger partial charge is 0.328 e. The van der Waals surface area contributed by atoms with E-state index >= 15 is 0 Å². The molecule has 68 valence electrons. The fourth-order valence-corrected chi connectivity index (χ4v) is 0.526. The van der Waals surface area contributed by atoms with E-state index in [4.69, 9.17) is 38.5 Å². The second kappa shape index (κ2) is 12.4. The first kappa shape index (κ1) is 13.3. The Kier molecular flexibility index (Phi) is 15.1. The van der Waals surface area contributed by atoms with Gasteiger partial charge >= 0.3 is 0 Å². The van der Waals surface area contributed by atoms with Gasteiger partial charge in [-0.25, -0.2) is 0 Å². The molecule has 0 bridgehead atoms. The highest BCUT2D eigenvalue weighted by Gasteiger charge is 1.79. The molecule has 0 aliphatic rings. The standard InChI is InChI=1S/C4H9Cl2N.HNO3/c5-1-3-7-4-2-6;2-1(3)4/h7H,1-4H2;(H,2,3,4). The fraction of sp³-hybridized carbons (Fsp3) is 1.00. The number of alkyl halides is 2. The lowest BCUT2D eigenvalue weighted by Gasteiger charge is -1.93. The maximum atomic E-state index is 8.36. The molecule has 0 amide bonds. The Bertz CT molecular complexity index is 85.4. The van der Waals surface area contributed by atoms with Crippen molar-refractivity contribution in [3.05, 3.63) is 10.1 Å². The SMILES string of the molecule is ClCCNCCCl.O=[N+]([O-])O. The topological polar surface area (TPSA) is 75.4 Å². The third kappa shape index (κ3) is 41.7. The van der Waals surface area contributed by atoms with Gasteiger partial charge in [0.2, 0.25) is 0 Å². The molecule has 0 fully saturated rings.